The minimum Gasteiger partial charge on any atom is -0.0925 e. The molecule has 1 atom stereocenters. The van der Waals surface area contributed by atoms with Crippen LogP contribution in [0.15, 0.2) is 18.2 Å². The third-order valence-electron chi connectivity index (χ3n) is 2.18. The Balaban J connectivity index is 2.62. The van der Waals surface area contributed by atoms with Gasteiger partial charge in [0.1, 0.15) is 0 Å². The third-order valence-corrected chi connectivity index (χ3v) is 3.89. The van der Waals surface area contributed by atoms with Gasteiger partial charge < -0.3 is 0 Å². The summed E-state index contributed by atoms with van der Waals surface area (Å²) in [5.41, 5.74) is 1.15. The summed E-state index contributed by atoms with van der Waals surface area (Å²) in [7, 11) is 0. The Morgan fingerprint density at radius 1 is 1.36 bits per heavy atom. The lowest BCUT2D eigenvalue weighted by molar-refractivity contribution is 0.600. The van der Waals surface area contributed by atoms with Crippen LogP contribution in [0.4, 0.5) is 0 Å². The maximum Gasteiger partial charge on any atom is 0.0439 e. The van der Waals surface area contributed by atoms with Crippen molar-refractivity contribution in [2.24, 2.45) is 5.92 Å². The molecule has 0 aliphatic heterocycles. The van der Waals surface area contributed by atoms with E-state index in [-0.39, 0.29) is 0 Å². The predicted molar refractivity (Wildman–Crippen MR) is 67.7 cm³/mol. The van der Waals surface area contributed by atoms with Crippen LogP contribution in [0.2, 0.25) is 10.0 Å². The minimum atomic E-state index is 0.671. The average molecular weight is 296 g/mol. The second-order valence-corrected chi connectivity index (χ2v) is 5.02. The average Bonchev–Trinajstić information content (AvgIpc) is 2.19. The van der Waals surface area contributed by atoms with Crippen LogP contribution in [0.5, 0.6) is 0 Å². The van der Waals surface area contributed by atoms with Crippen molar-refractivity contribution in [2.75, 3.05) is 5.33 Å². The minimum absolute atomic E-state index is 0.671. The number of hydrogen-bond donors (Lipinski definition) is 0. The molecule has 0 saturated carbocycles. The molecule has 14 heavy (non-hydrogen) atoms. The maximum absolute atomic E-state index is 6.05. The van der Waals surface area contributed by atoms with Gasteiger partial charge >= 0.3 is 0 Å². The maximum atomic E-state index is 6.05. The Bertz CT molecular complexity index is 299. The highest BCUT2D eigenvalue weighted by Crippen LogP contribution is 2.23. The molecule has 0 aromatic heterocycles. The SMILES string of the molecule is CC(CBr)CCc1cc(Cl)ccc1Cl. The molecule has 1 aromatic carbocycles. The summed E-state index contributed by atoms with van der Waals surface area (Å²) in [6.45, 7) is 2.22. The van der Waals surface area contributed by atoms with Crippen LogP contribution in [0.1, 0.15) is 18.9 Å². The summed E-state index contributed by atoms with van der Waals surface area (Å²) < 4.78 is 0. The molecule has 0 heterocycles. The van der Waals surface area contributed by atoms with Crippen molar-refractivity contribution in [3.05, 3.63) is 33.8 Å². The van der Waals surface area contributed by atoms with Gasteiger partial charge in [0.2, 0.25) is 0 Å². The van der Waals surface area contributed by atoms with E-state index in [9.17, 15) is 0 Å². The van der Waals surface area contributed by atoms with Crippen LogP contribution in [0.3, 0.4) is 0 Å². The van der Waals surface area contributed by atoms with E-state index in [1.165, 1.54) is 0 Å². The number of halogens is 3. The van der Waals surface area contributed by atoms with Gasteiger partial charge in [0, 0.05) is 15.4 Å². The smallest absolute Gasteiger partial charge is 0.0439 e. The Morgan fingerprint density at radius 2 is 2.07 bits per heavy atom. The zero-order valence-corrected chi connectivity index (χ0v) is 11.2. The Kier molecular flexibility index (Phi) is 5.29. The van der Waals surface area contributed by atoms with E-state index in [2.05, 4.69) is 22.9 Å². The summed E-state index contributed by atoms with van der Waals surface area (Å²) in [5, 5.41) is 2.61. The number of aryl methyl sites for hydroxylation is 1. The van der Waals surface area contributed by atoms with Crippen LogP contribution in [0, 0.1) is 5.92 Å². The van der Waals surface area contributed by atoms with Gasteiger partial charge in [0.05, 0.1) is 0 Å². The fourth-order valence-corrected chi connectivity index (χ4v) is 1.94. The highest BCUT2D eigenvalue weighted by molar-refractivity contribution is 9.09. The van der Waals surface area contributed by atoms with Crippen LogP contribution >= 0.6 is 39.1 Å². The summed E-state index contributed by atoms with van der Waals surface area (Å²) in [5.74, 6) is 0.671. The highest BCUT2D eigenvalue weighted by atomic mass is 79.9. The molecule has 0 saturated heterocycles. The predicted octanol–water partition coefficient (Wildman–Crippen LogP) is 4.96. The first-order valence-corrected chi connectivity index (χ1v) is 6.51. The van der Waals surface area contributed by atoms with Crippen molar-refractivity contribution >= 4 is 39.1 Å². The van der Waals surface area contributed by atoms with Gasteiger partial charge in [-0.1, -0.05) is 46.1 Å². The topological polar surface area (TPSA) is 0 Å². The van der Waals surface area contributed by atoms with Gasteiger partial charge in [-0.15, -0.1) is 0 Å². The molecule has 0 bridgehead atoms. The first kappa shape index (κ1) is 12.4. The number of alkyl halides is 1. The highest BCUT2D eigenvalue weighted by Gasteiger charge is 2.04. The lowest BCUT2D eigenvalue weighted by atomic mass is 10.0. The second-order valence-electron chi connectivity index (χ2n) is 3.53. The molecule has 0 N–H and O–H groups in total. The van der Waals surface area contributed by atoms with Crippen LogP contribution in [-0.4, -0.2) is 5.33 Å². The molecular formula is C11H13BrCl2. The van der Waals surface area contributed by atoms with E-state index >= 15 is 0 Å². The van der Waals surface area contributed by atoms with E-state index in [4.69, 9.17) is 23.2 Å². The van der Waals surface area contributed by atoms with Crippen molar-refractivity contribution in [1.29, 1.82) is 0 Å². The van der Waals surface area contributed by atoms with Gasteiger partial charge in [0.15, 0.2) is 0 Å². The van der Waals surface area contributed by atoms with Crippen molar-refractivity contribution in [3.63, 3.8) is 0 Å². The van der Waals surface area contributed by atoms with Gasteiger partial charge in [-0.2, -0.15) is 0 Å². The fourth-order valence-electron chi connectivity index (χ4n) is 1.21. The molecular weight excluding hydrogens is 283 g/mol. The molecule has 0 fully saturated rings. The summed E-state index contributed by atoms with van der Waals surface area (Å²) in [6.07, 6.45) is 2.12. The first-order valence-electron chi connectivity index (χ1n) is 4.63. The molecule has 1 rings (SSSR count). The normalized spacial score (nSPS) is 12.9. The molecule has 1 aromatic rings. The second kappa shape index (κ2) is 5.99. The standard InChI is InChI=1S/C11H13BrCl2/c1-8(7-12)2-3-9-6-10(13)4-5-11(9)14/h4-6,8H,2-3,7H2,1H3. The summed E-state index contributed by atoms with van der Waals surface area (Å²) in [4.78, 5) is 0. The molecule has 0 spiro atoms. The first-order chi connectivity index (χ1) is 6.63. The monoisotopic (exact) mass is 294 g/mol. The Hall–Kier alpha value is 0.280. The molecule has 0 aliphatic carbocycles. The largest absolute Gasteiger partial charge is 0.0925 e. The molecule has 0 radical (unpaired) electrons. The Morgan fingerprint density at radius 3 is 2.71 bits per heavy atom. The molecule has 0 nitrogen and oxygen atoms in total. The zero-order valence-electron chi connectivity index (χ0n) is 8.06. The van der Waals surface area contributed by atoms with Crippen LogP contribution in [-0.2, 0) is 6.42 Å². The molecule has 78 valence electrons. The van der Waals surface area contributed by atoms with Gasteiger partial charge in [-0.05, 0) is 42.5 Å². The van der Waals surface area contributed by atoms with Crippen molar-refractivity contribution in [3.8, 4) is 0 Å². The Labute approximate surface area is 104 Å². The molecule has 3 heteroatoms. The number of rotatable bonds is 4. The number of benzene rings is 1. The lowest BCUT2D eigenvalue weighted by Gasteiger charge is -2.08. The van der Waals surface area contributed by atoms with E-state index in [0.29, 0.717) is 5.92 Å². The van der Waals surface area contributed by atoms with Crippen LogP contribution < -0.4 is 0 Å². The summed E-state index contributed by atoms with van der Waals surface area (Å²) in [6, 6.07) is 5.63. The van der Waals surface area contributed by atoms with Crippen molar-refractivity contribution in [2.45, 2.75) is 19.8 Å². The lowest BCUT2D eigenvalue weighted by Crippen LogP contribution is -1.98. The third kappa shape index (κ3) is 3.80. The molecule has 0 amide bonds. The van der Waals surface area contributed by atoms with Crippen LogP contribution in [0.25, 0.3) is 0 Å². The van der Waals surface area contributed by atoms with Gasteiger partial charge in [0.25, 0.3) is 0 Å². The number of hydrogen-bond acceptors (Lipinski definition) is 0. The quantitative estimate of drug-likeness (QED) is 0.689. The van der Waals surface area contributed by atoms with Crippen molar-refractivity contribution < 1.29 is 0 Å². The summed E-state index contributed by atoms with van der Waals surface area (Å²) >= 11 is 15.4. The van der Waals surface area contributed by atoms with Gasteiger partial charge in [-0.25, -0.2) is 0 Å². The van der Waals surface area contributed by atoms with E-state index in [0.717, 1.165) is 33.8 Å². The van der Waals surface area contributed by atoms with E-state index < -0.39 is 0 Å². The molecule has 0 aliphatic rings. The van der Waals surface area contributed by atoms with Crippen molar-refractivity contribution in [1.82, 2.24) is 0 Å². The van der Waals surface area contributed by atoms with Gasteiger partial charge in [-0.3, -0.25) is 0 Å². The molecule has 1 unspecified atom stereocenters. The van der Waals surface area contributed by atoms with E-state index in [1.54, 1.807) is 0 Å². The fraction of sp³-hybridized carbons (Fsp3) is 0.455. The zero-order chi connectivity index (χ0) is 10.6. The van der Waals surface area contributed by atoms with E-state index in [1.807, 2.05) is 18.2 Å².